The molecule has 1 unspecified atom stereocenters. The number of carbonyl (C=O) groups is 1. The number of hydrogen-bond donors (Lipinski definition) is 1. The molecule has 0 spiro atoms. The molecule has 30 heavy (non-hydrogen) atoms. The number of benzene rings is 2. The summed E-state index contributed by atoms with van der Waals surface area (Å²) in [6.45, 7) is 2.51. The van der Waals surface area contributed by atoms with Gasteiger partial charge >= 0.3 is 0 Å². The number of nitrogens with zero attached hydrogens (tertiary/aromatic N) is 4. The highest BCUT2D eigenvalue weighted by Gasteiger charge is 2.38. The summed E-state index contributed by atoms with van der Waals surface area (Å²) in [7, 11) is 0. The van der Waals surface area contributed by atoms with E-state index in [0.717, 1.165) is 39.7 Å². The first-order valence-electron chi connectivity index (χ1n) is 9.89. The fourth-order valence-corrected chi connectivity index (χ4v) is 4.48. The summed E-state index contributed by atoms with van der Waals surface area (Å²) in [6, 6.07) is 13.6. The van der Waals surface area contributed by atoms with Gasteiger partial charge in [-0.2, -0.15) is 4.68 Å². The van der Waals surface area contributed by atoms with Crippen LogP contribution < -0.4 is 10.1 Å². The maximum absolute atomic E-state index is 12.9. The van der Waals surface area contributed by atoms with Crippen LogP contribution in [0.3, 0.4) is 0 Å². The summed E-state index contributed by atoms with van der Waals surface area (Å²) >= 11 is 3.57. The van der Waals surface area contributed by atoms with Crippen molar-refractivity contribution in [3.63, 3.8) is 0 Å². The Bertz CT molecular complexity index is 1170. The Morgan fingerprint density at radius 2 is 2.10 bits per heavy atom. The van der Waals surface area contributed by atoms with Crippen molar-refractivity contribution in [2.75, 3.05) is 5.32 Å². The molecule has 2 heterocycles. The highest BCUT2D eigenvalue weighted by molar-refractivity contribution is 9.10. The molecule has 152 valence electrons. The Morgan fingerprint density at radius 3 is 2.97 bits per heavy atom. The van der Waals surface area contributed by atoms with E-state index in [1.807, 2.05) is 30.3 Å². The number of ketones is 1. The van der Waals surface area contributed by atoms with Crippen molar-refractivity contribution >= 4 is 27.7 Å². The summed E-state index contributed by atoms with van der Waals surface area (Å²) < 4.78 is 8.83. The number of aryl methyl sites for hydroxylation is 1. The quantitative estimate of drug-likeness (QED) is 0.616. The molecule has 0 saturated heterocycles. The van der Waals surface area contributed by atoms with Crippen LogP contribution in [-0.4, -0.2) is 26.0 Å². The van der Waals surface area contributed by atoms with Crippen LogP contribution in [0.4, 0.5) is 5.95 Å². The topological polar surface area (TPSA) is 81.9 Å². The standard InChI is InChI=1S/C22H20BrN5O2/c1-13-5-2-3-6-14(13)12-30-19-10-9-15(23)11-16(19)21-20-17(7-4-8-18(20)29)24-22-25-26-27-28(21)22/h2-3,5-6,9-11,21H,4,7-8,12H2,1H3,(H,24,25,27). The second-order valence-corrected chi connectivity index (χ2v) is 8.46. The van der Waals surface area contributed by atoms with Crippen LogP contribution in [0.1, 0.15) is 42.0 Å². The first kappa shape index (κ1) is 19.0. The lowest BCUT2D eigenvalue weighted by Crippen LogP contribution is -2.31. The van der Waals surface area contributed by atoms with Gasteiger partial charge in [0.2, 0.25) is 5.95 Å². The van der Waals surface area contributed by atoms with Crippen LogP contribution in [0, 0.1) is 6.92 Å². The van der Waals surface area contributed by atoms with Crippen molar-refractivity contribution in [1.29, 1.82) is 0 Å². The van der Waals surface area contributed by atoms with Gasteiger partial charge in [-0.25, -0.2) is 0 Å². The largest absolute Gasteiger partial charge is 0.489 e. The molecule has 8 heteroatoms. The molecule has 7 nitrogen and oxygen atoms in total. The van der Waals surface area contributed by atoms with Crippen LogP contribution in [0.2, 0.25) is 0 Å². The van der Waals surface area contributed by atoms with E-state index in [1.54, 1.807) is 4.68 Å². The fraction of sp³-hybridized carbons (Fsp3) is 0.273. The van der Waals surface area contributed by atoms with Gasteiger partial charge < -0.3 is 10.1 Å². The van der Waals surface area contributed by atoms with Gasteiger partial charge in [0.1, 0.15) is 18.4 Å². The van der Waals surface area contributed by atoms with Gasteiger partial charge in [-0.1, -0.05) is 45.3 Å². The Balaban J connectivity index is 1.59. The molecule has 5 rings (SSSR count). The molecule has 0 fully saturated rings. The molecule has 0 saturated carbocycles. The van der Waals surface area contributed by atoms with E-state index in [1.165, 1.54) is 5.56 Å². The van der Waals surface area contributed by atoms with Gasteiger partial charge in [-0.3, -0.25) is 4.79 Å². The Labute approximate surface area is 182 Å². The Morgan fingerprint density at radius 1 is 1.23 bits per heavy atom. The molecule has 3 aromatic rings. The van der Waals surface area contributed by atoms with Crippen molar-refractivity contribution < 1.29 is 9.53 Å². The van der Waals surface area contributed by atoms with Gasteiger partial charge in [0.05, 0.1) is 0 Å². The third kappa shape index (κ3) is 3.31. The van der Waals surface area contributed by atoms with Gasteiger partial charge in [0.15, 0.2) is 5.78 Å². The molecule has 1 N–H and O–H groups in total. The lowest BCUT2D eigenvalue weighted by atomic mass is 9.85. The third-order valence-electron chi connectivity index (χ3n) is 5.64. The zero-order valence-electron chi connectivity index (χ0n) is 16.4. The molecular weight excluding hydrogens is 446 g/mol. The second-order valence-electron chi connectivity index (χ2n) is 7.54. The van der Waals surface area contributed by atoms with E-state index in [4.69, 9.17) is 4.74 Å². The minimum atomic E-state index is -0.427. The lowest BCUT2D eigenvalue weighted by Gasteiger charge is -2.32. The molecule has 0 amide bonds. The number of carbonyl (C=O) groups excluding carboxylic acids is 1. The fourth-order valence-electron chi connectivity index (χ4n) is 4.10. The number of ether oxygens (including phenoxy) is 1. The average Bonchev–Trinajstić information content (AvgIpc) is 3.21. The second kappa shape index (κ2) is 7.68. The van der Waals surface area contributed by atoms with Crippen LogP contribution >= 0.6 is 15.9 Å². The maximum atomic E-state index is 12.9. The van der Waals surface area contributed by atoms with E-state index < -0.39 is 6.04 Å². The number of rotatable bonds is 4. The molecule has 1 aromatic heterocycles. The molecule has 1 atom stereocenters. The van der Waals surface area contributed by atoms with E-state index >= 15 is 0 Å². The van der Waals surface area contributed by atoms with Gasteiger partial charge in [-0.05, 0) is 59.5 Å². The minimum absolute atomic E-state index is 0.125. The highest BCUT2D eigenvalue weighted by atomic mass is 79.9. The van der Waals surface area contributed by atoms with Crippen molar-refractivity contribution in [3.05, 3.63) is 74.9 Å². The monoisotopic (exact) mass is 465 g/mol. The van der Waals surface area contributed by atoms with Crippen LogP contribution in [0.5, 0.6) is 5.75 Å². The van der Waals surface area contributed by atoms with E-state index in [9.17, 15) is 4.79 Å². The summed E-state index contributed by atoms with van der Waals surface area (Å²) in [4.78, 5) is 12.9. The van der Waals surface area contributed by atoms with E-state index in [2.05, 4.69) is 55.8 Å². The van der Waals surface area contributed by atoms with Crippen LogP contribution in [0.15, 0.2) is 58.2 Å². The molecule has 1 aliphatic heterocycles. The summed E-state index contributed by atoms with van der Waals surface area (Å²) in [5.41, 5.74) is 4.78. The summed E-state index contributed by atoms with van der Waals surface area (Å²) in [5, 5.41) is 15.3. The lowest BCUT2D eigenvalue weighted by molar-refractivity contribution is -0.116. The number of fused-ring (bicyclic) bond motifs is 1. The smallest absolute Gasteiger partial charge is 0.248 e. The number of allylic oxidation sites excluding steroid dienone is 2. The van der Waals surface area contributed by atoms with Gasteiger partial charge in [0, 0.05) is 27.7 Å². The zero-order valence-corrected chi connectivity index (χ0v) is 18.0. The van der Waals surface area contributed by atoms with Crippen LogP contribution in [-0.2, 0) is 11.4 Å². The predicted molar refractivity (Wildman–Crippen MR) is 115 cm³/mol. The maximum Gasteiger partial charge on any atom is 0.248 e. The molecular formula is C22H20BrN5O2. The number of Topliss-reactive ketones (excluding diaryl/α,β-unsaturated/α-hetero) is 1. The molecule has 2 aliphatic rings. The Hall–Kier alpha value is -3.00. The van der Waals surface area contributed by atoms with Gasteiger partial charge in [0.25, 0.3) is 0 Å². The molecule has 0 bridgehead atoms. The normalized spacial score (nSPS) is 17.9. The molecule has 2 aromatic carbocycles. The molecule has 0 radical (unpaired) electrons. The number of hydrogen-bond acceptors (Lipinski definition) is 6. The Kier molecular flexibility index (Phi) is 4.86. The number of anilines is 1. The van der Waals surface area contributed by atoms with Crippen molar-refractivity contribution in [1.82, 2.24) is 20.2 Å². The number of aromatic nitrogens is 4. The number of halogens is 1. The van der Waals surface area contributed by atoms with E-state index in [0.29, 0.717) is 24.7 Å². The predicted octanol–water partition coefficient (Wildman–Crippen LogP) is 4.35. The highest BCUT2D eigenvalue weighted by Crippen LogP contribution is 2.43. The van der Waals surface area contributed by atoms with E-state index in [-0.39, 0.29) is 5.78 Å². The van der Waals surface area contributed by atoms with Crippen molar-refractivity contribution in [2.45, 2.75) is 38.8 Å². The van der Waals surface area contributed by atoms with Gasteiger partial charge in [-0.15, -0.1) is 0 Å². The zero-order chi connectivity index (χ0) is 20.7. The molecule has 1 aliphatic carbocycles. The summed E-state index contributed by atoms with van der Waals surface area (Å²) in [5.74, 6) is 1.37. The first-order valence-corrected chi connectivity index (χ1v) is 10.7. The number of nitrogens with one attached hydrogen (secondary N) is 1. The minimum Gasteiger partial charge on any atom is -0.489 e. The van der Waals surface area contributed by atoms with Crippen molar-refractivity contribution in [2.24, 2.45) is 0 Å². The third-order valence-corrected chi connectivity index (χ3v) is 6.13. The summed E-state index contributed by atoms with van der Waals surface area (Å²) in [6.07, 6.45) is 2.16. The average molecular weight is 466 g/mol. The van der Waals surface area contributed by atoms with Crippen LogP contribution in [0.25, 0.3) is 0 Å². The van der Waals surface area contributed by atoms with Crippen molar-refractivity contribution in [3.8, 4) is 5.75 Å². The SMILES string of the molecule is Cc1ccccc1COc1ccc(Br)cc1C1C2=C(CCCC2=O)Nc2nnnn21. The number of tetrazole rings is 1. The first-order chi connectivity index (χ1) is 14.6.